The quantitative estimate of drug-likeness (QED) is 0.797. The van der Waals surface area contributed by atoms with Gasteiger partial charge in [-0.1, -0.05) is 35.9 Å². The summed E-state index contributed by atoms with van der Waals surface area (Å²) in [5, 5.41) is 3.27. The van der Waals surface area contributed by atoms with Gasteiger partial charge < -0.3 is 19.5 Å². The molecule has 0 bridgehead atoms. The lowest BCUT2D eigenvalue weighted by atomic mass is 10.1. The van der Waals surface area contributed by atoms with Crippen LogP contribution >= 0.6 is 11.6 Å². The molecule has 1 amide bonds. The summed E-state index contributed by atoms with van der Waals surface area (Å²) in [6.07, 6.45) is 1.82. The first kappa shape index (κ1) is 17.3. The molecule has 0 unspecified atom stereocenters. The van der Waals surface area contributed by atoms with Crippen molar-refractivity contribution in [2.45, 2.75) is 0 Å². The Morgan fingerprint density at radius 3 is 2.88 bits per heavy atom. The van der Waals surface area contributed by atoms with E-state index < -0.39 is 0 Å². The topological polar surface area (TPSA) is 56.8 Å². The summed E-state index contributed by atoms with van der Waals surface area (Å²) in [5.41, 5.74) is 1.91. The van der Waals surface area contributed by atoms with Crippen molar-refractivity contribution in [3.05, 3.63) is 58.6 Å². The molecule has 2 aromatic carbocycles. The van der Waals surface area contributed by atoms with Crippen molar-refractivity contribution in [2.24, 2.45) is 0 Å². The number of methoxy groups -OCH3 is 1. The molecule has 1 aliphatic heterocycles. The van der Waals surface area contributed by atoms with Gasteiger partial charge in [0.2, 0.25) is 0 Å². The highest BCUT2D eigenvalue weighted by atomic mass is 35.5. The highest BCUT2D eigenvalue weighted by Crippen LogP contribution is 2.33. The molecular weight excluding hydrogens is 342 g/mol. The highest BCUT2D eigenvalue weighted by molar-refractivity contribution is 6.32. The summed E-state index contributed by atoms with van der Waals surface area (Å²) in [5.74, 6) is 0.936. The van der Waals surface area contributed by atoms with E-state index in [-0.39, 0.29) is 12.5 Å². The van der Waals surface area contributed by atoms with Crippen LogP contribution in [0.2, 0.25) is 5.02 Å². The lowest BCUT2D eigenvalue weighted by molar-refractivity contribution is -0.113. The van der Waals surface area contributed by atoms with Gasteiger partial charge in [0.15, 0.2) is 5.75 Å². The summed E-state index contributed by atoms with van der Waals surface area (Å²) in [4.78, 5) is 12.6. The second kappa shape index (κ2) is 8.05. The van der Waals surface area contributed by atoms with Crippen LogP contribution in [0.25, 0.3) is 6.08 Å². The van der Waals surface area contributed by atoms with Gasteiger partial charge in [0.05, 0.1) is 22.9 Å². The van der Waals surface area contributed by atoms with Gasteiger partial charge in [0.1, 0.15) is 19.0 Å². The van der Waals surface area contributed by atoms with Gasteiger partial charge in [-0.2, -0.15) is 0 Å². The number of hydrogen-bond donors (Lipinski definition) is 1. The third-order valence-electron chi connectivity index (χ3n) is 3.67. The third-order valence-corrected chi connectivity index (χ3v) is 3.97. The van der Waals surface area contributed by atoms with E-state index in [9.17, 15) is 4.79 Å². The Balaban J connectivity index is 1.78. The van der Waals surface area contributed by atoms with Crippen molar-refractivity contribution >= 4 is 29.3 Å². The standard InChI is InChI=1S/C19H18ClNO4/c1-23-9-10-24-18-15(20)6-4-7-16(18)21-19(22)14-11-13-5-2-3-8-17(13)25-12-14/h2-8,11H,9-10,12H2,1H3,(H,21,22). The van der Waals surface area contributed by atoms with Crippen LogP contribution in [-0.2, 0) is 9.53 Å². The number of carbonyl (C=O) groups excluding carboxylic acids is 1. The summed E-state index contributed by atoms with van der Waals surface area (Å²) in [6.45, 7) is 0.972. The Hall–Kier alpha value is -2.50. The fraction of sp³-hybridized carbons (Fsp3) is 0.211. The van der Waals surface area contributed by atoms with Crippen molar-refractivity contribution in [1.29, 1.82) is 0 Å². The Labute approximate surface area is 151 Å². The maximum atomic E-state index is 12.6. The molecule has 0 radical (unpaired) electrons. The molecule has 1 N–H and O–H groups in total. The minimum Gasteiger partial charge on any atom is -0.488 e. The van der Waals surface area contributed by atoms with Gasteiger partial charge in [-0.15, -0.1) is 0 Å². The zero-order chi connectivity index (χ0) is 17.6. The lowest BCUT2D eigenvalue weighted by Crippen LogP contribution is -2.21. The van der Waals surface area contributed by atoms with Crippen molar-refractivity contribution in [1.82, 2.24) is 0 Å². The van der Waals surface area contributed by atoms with Crippen LogP contribution in [0.3, 0.4) is 0 Å². The normalized spacial score (nSPS) is 12.6. The molecule has 130 valence electrons. The Morgan fingerprint density at radius 1 is 1.20 bits per heavy atom. The van der Waals surface area contributed by atoms with Crippen LogP contribution < -0.4 is 14.8 Å². The van der Waals surface area contributed by atoms with Crippen LogP contribution in [0.15, 0.2) is 48.0 Å². The largest absolute Gasteiger partial charge is 0.488 e. The van der Waals surface area contributed by atoms with Crippen LogP contribution in [0.5, 0.6) is 11.5 Å². The minimum atomic E-state index is -0.256. The first-order valence-electron chi connectivity index (χ1n) is 7.83. The first-order chi connectivity index (χ1) is 12.2. The highest BCUT2D eigenvalue weighted by Gasteiger charge is 2.19. The maximum Gasteiger partial charge on any atom is 0.255 e. The van der Waals surface area contributed by atoms with Crippen LogP contribution in [-0.4, -0.2) is 32.8 Å². The number of halogens is 1. The second-order valence-corrected chi connectivity index (χ2v) is 5.82. The number of fused-ring (bicyclic) bond motifs is 1. The molecule has 0 atom stereocenters. The van der Waals surface area contributed by atoms with E-state index in [1.165, 1.54) is 0 Å². The molecule has 0 saturated heterocycles. The van der Waals surface area contributed by atoms with E-state index in [1.807, 2.05) is 30.3 Å². The van der Waals surface area contributed by atoms with Gasteiger partial charge in [-0.05, 0) is 24.3 Å². The summed E-state index contributed by atoms with van der Waals surface area (Å²) >= 11 is 6.19. The van der Waals surface area contributed by atoms with Crippen LogP contribution in [0.1, 0.15) is 5.56 Å². The van der Waals surface area contributed by atoms with E-state index in [2.05, 4.69) is 5.32 Å². The second-order valence-electron chi connectivity index (χ2n) is 5.41. The van der Waals surface area contributed by atoms with E-state index >= 15 is 0 Å². The minimum absolute atomic E-state index is 0.212. The molecule has 0 aliphatic carbocycles. The number of nitrogens with one attached hydrogen (secondary N) is 1. The number of amides is 1. The molecule has 6 heteroatoms. The summed E-state index contributed by atoms with van der Waals surface area (Å²) in [7, 11) is 1.59. The Bertz CT molecular complexity index is 804. The monoisotopic (exact) mass is 359 g/mol. The van der Waals surface area contributed by atoms with Gasteiger partial charge in [-0.3, -0.25) is 4.79 Å². The molecule has 2 aromatic rings. The molecule has 0 saturated carbocycles. The molecule has 0 fully saturated rings. The summed E-state index contributed by atoms with van der Waals surface area (Å²) < 4.78 is 16.2. The average molecular weight is 360 g/mol. The lowest BCUT2D eigenvalue weighted by Gasteiger charge is -2.18. The fourth-order valence-electron chi connectivity index (χ4n) is 2.43. The van der Waals surface area contributed by atoms with Gasteiger partial charge in [0, 0.05) is 12.7 Å². The number of carbonyl (C=O) groups is 1. The summed E-state index contributed by atoms with van der Waals surface area (Å²) in [6, 6.07) is 12.8. The predicted octanol–water partition coefficient (Wildman–Crippen LogP) is 3.78. The van der Waals surface area contributed by atoms with E-state index in [0.29, 0.717) is 35.2 Å². The maximum absolute atomic E-state index is 12.6. The molecule has 1 heterocycles. The van der Waals surface area contributed by atoms with Crippen molar-refractivity contribution in [3.8, 4) is 11.5 Å². The molecule has 0 spiro atoms. The van der Waals surface area contributed by atoms with Crippen LogP contribution in [0, 0.1) is 0 Å². The number of rotatable bonds is 6. The predicted molar refractivity (Wildman–Crippen MR) is 97.4 cm³/mol. The molecule has 5 nitrogen and oxygen atoms in total. The van der Waals surface area contributed by atoms with E-state index in [1.54, 1.807) is 25.3 Å². The van der Waals surface area contributed by atoms with Crippen molar-refractivity contribution in [2.75, 3.05) is 32.2 Å². The SMILES string of the molecule is COCCOc1c(Cl)cccc1NC(=O)C1=Cc2ccccc2OC1. The van der Waals surface area contributed by atoms with E-state index in [4.69, 9.17) is 25.8 Å². The number of benzene rings is 2. The smallest absolute Gasteiger partial charge is 0.255 e. The average Bonchev–Trinajstić information content (AvgIpc) is 2.63. The van der Waals surface area contributed by atoms with Crippen molar-refractivity contribution in [3.63, 3.8) is 0 Å². The number of anilines is 1. The number of ether oxygens (including phenoxy) is 3. The molecule has 1 aliphatic rings. The van der Waals surface area contributed by atoms with Gasteiger partial charge >= 0.3 is 0 Å². The zero-order valence-corrected chi connectivity index (χ0v) is 14.5. The molecule has 25 heavy (non-hydrogen) atoms. The number of para-hydroxylation sites is 2. The van der Waals surface area contributed by atoms with Gasteiger partial charge in [0.25, 0.3) is 5.91 Å². The Morgan fingerprint density at radius 2 is 2.04 bits per heavy atom. The molecule has 0 aromatic heterocycles. The van der Waals surface area contributed by atoms with Crippen molar-refractivity contribution < 1.29 is 19.0 Å². The Kier molecular flexibility index (Phi) is 5.58. The fourth-order valence-corrected chi connectivity index (χ4v) is 2.66. The van der Waals surface area contributed by atoms with Gasteiger partial charge in [-0.25, -0.2) is 0 Å². The third kappa shape index (κ3) is 4.13. The molecule has 3 rings (SSSR count). The molecular formula is C19H18ClNO4. The number of hydrogen-bond acceptors (Lipinski definition) is 4. The first-order valence-corrected chi connectivity index (χ1v) is 8.21. The van der Waals surface area contributed by atoms with E-state index in [0.717, 1.165) is 11.3 Å². The zero-order valence-electron chi connectivity index (χ0n) is 13.8. The van der Waals surface area contributed by atoms with Crippen LogP contribution in [0.4, 0.5) is 5.69 Å².